The van der Waals surface area contributed by atoms with Gasteiger partial charge in [0, 0.05) is 18.7 Å². The maximum atomic E-state index is 13.7. The van der Waals surface area contributed by atoms with E-state index in [2.05, 4.69) is 4.90 Å². The summed E-state index contributed by atoms with van der Waals surface area (Å²) in [6.07, 6.45) is 4.20. The van der Waals surface area contributed by atoms with Crippen LogP contribution in [-0.2, 0) is 26.3 Å². The van der Waals surface area contributed by atoms with Crippen LogP contribution >= 0.6 is 0 Å². The molecule has 1 aliphatic carbocycles. The van der Waals surface area contributed by atoms with Crippen molar-refractivity contribution < 1.29 is 26.5 Å². The van der Waals surface area contributed by atoms with Crippen LogP contribution in [0, 0.1) is 5.82 Å². The molecule has 6 nitrogen and oxygen atoms in total. The van der Waals surface area contributed by atoms with Gasteiger partial charge in [-0.25, -0.2) is 4.39 Å². The van der Waals surface area contributed by atoms with Crippen molar-refractivity contribution >= 4 is 10.1 Å². The Morgan fingerprint density at radius 1 is 1.26 bits per heavy atom. The second-order valence-electron chi connectivity index (χ2n) is 8.74. The number of halogens is 1. The molecule has 2 heterocycles. The van der Waals surface area contributed by atoms with Gasteiger partial charge in [0.25, 0.3) is 10.1 Å². The van der Waals surface area contributed by atoms with Crippen molar-refractivity contribution in [3.63, 3.8) is 0 Å². The molecule has 1 fully saturated rings. The Kier molecular flexibility index (Phi) is 5.19. The van der Waals surface area contributed by atoms with Crippen molar-refractivity contribution in [2.24, 2.45) is 0 Å². The van der Waals surface area contributed by atoms with Crippen LogP contribution in [-0.4, -0.2) is 46.0 Å². The zero-order chi connectivity index (χ0) is 21.6. The molecular weight excluding hydrogens is 421 g/mol. The summed E-state index contributed by atoms with van der Waals surface area (Å²) in [4.78, 5) is 2.24. The monoisotopic (exact) mass is 447 g/mol. The third kappa shape index (κ3) is 4.04. The van der Waals surface area contributed by atoms with E-state index in [9.17, 15) is 12.8 Å². The minimum Gasteiger partial charge on any atom is -0.454 e. The minimum atomic E-state index is -3.70. The van der Waals surface area contributed by atoms with Crippen molar-refractivity contribution in [1.29, 1.82) is 0 Å². The molecule has 8 heteroatoms. The number of benzene rings is 2. The Morgan fingerprint density at radius 3 is 2.94 bits per heavy atom. The maximum absolute atomic E-state index is 13.7. The van der Waals surface area contributed by atoms with E-state index >= 15 is 0 Å². The smallest absolute Gasteiger partial charge is 0.265 e. The summed E-state index contributed by atoms with van der Waals surface area (Å²) in [5.74, 6) is 1.38. The topological polar surface area (TPSA) is 65.1 Å². The van der Waals surface area contributed by atoms with Crippen LogP contribution in [0.1, 0.15) is 41.9 Å². The van der Waals surface area contributed by atoms with Gasteiger partial charge in [-0.3, -0.25) is 9.08 Å². The molecular formula is C23H26FNO5S. The molecule has 0 spiro atoms. The molecule has 2 atom stereocenters. The highest BCUT2D eigenvalue weighted by atomic mass is 32.2. The summed E-state index contributed by atoms with van der Waals surface area (Å²) in [5, 5.41) is 0. The molecule has 0 radical (unpaired) electrons. The van der Waals surface area contributed by atoms with Gasteiger partial charge in [-0.15, -0.1) is 0 Å². The van der Waals surface area contributed by atoms with Gasteiger partial charge in [0.05, 0.1) is 6.26 Å². The van der Waals surface area contributed by atoms with E-state index in [0.29, 0.717) is 24.5 Å². The third-order valence-corrected chi connectivity index (χ3v) is 7.14. The number of rotatable bonds is 5. The summed E-state index contributed by atoms with van der Waals surface area (Å²) in [6, 6.07) is 10.5. The first-order chi connectivity index (χ1) is 14.8. The highest BCUT2D eigenvalue weighted by Crippen LogP contribution is 2.48. The molecule has 0 saturated carbocycles. The molecule has 0 bridgehead atoms. The third-order valence-electron chi connectivity index (χ3n) is 6.52. The lowest BCUT2D eigenvalue weighted by atomic mass is 9.78. The highest BCUT2D eigenvalue weighted by molar-refractivity contribution is 7.86. The van der Waals surface area contributed by atoms with E-state index in [4.69, 9.17) is 13.7 Å². The Hall–Kier alpha value is -2.16. The largest absolute Gasteiger partial charge is 0.454 e. The first-order valence-electron chi connectivity index (χ1n) is 10.6. The van der Waals surface area contributed by atoms with Crippen LogP contribution in [0.4, 0.5) is 4.39 Å². The van der Waals surface area contributed by atoms with Crippen LogP contribution in [0.2, 0.25) is 0 Å². The normalized spacial score (nSPS) is 25.5. The minimum absolute atomic E-state index is 0.174. The van der Waals surface area contributed by atoms with Gasteiger partial charge < -0.3 is 9.47 Å². The molecule has 166 valence electrons. The Bertz CT molecular complexity index is 1110. The molecule has 2 unspecified atom stereocenters. The van der Waals surface area contributed by atoms with Gasteiger partial charge in [-0.2, -0.15) is 8.42 Å². The molecule has 3 aliphatic rings. The van der Waals surface area contributed by atoms with Crippen LogP contribution in [0.25, 0.3) is 0 Å². The quantitative estimate of drug-likeness (QED) is 0.653. The summed E-state index contributed by atoms with van der Waals surface area (Å²) in [5.41, 5.74) is 1.85. The number of ether oxygens (including phenoxy) is 2. The second-order valence-corrected chi connectivity index (χ2v) is 10.3. The Morgan fingerprint density at radius 2 is 2.13 bits per heavy atom. The number of hydrogen-bond donors (Lipinski definition) is 0. The standard InChI is InChI=1S/C23H26FNO5S/c1-31(26,27)30-23(10-3-6-19-20(23)7-8-21-22(19)29-15-28-21)14-25-11-9-17(13-25)16-4-2-5-18(24)12-16/h2,4-5,7-8,12,17H,3,6,9-11,13-15H2,1H3. The highest BCUT2D eigenvalue weighted by Gasteiger charge is 2.45. The predicted octanol–water partition coefficient (Wildman–Crippen LogP) is 3.55. The number of fused-ring (bicyclic) bond motifs is 3. The second kappa shape index (κ2) is 7.76. The maximum Gasteiger partial charge on any atom is 0.265 e. The van der Waals surface area contributed by atoms with E-state index in [1.54, 1.807) is 12.1 Å². The summed E-state index contributed by atoms with van der Waals surface area (Å²) < 4.78 is 55.4. The number of hydrogen-bond acceptors (Lipinski definition) is 6. The fourth-order valence-corrected chi connectivity index (χ4v) is 6.13. The fraction of sp³-hybridized carbons (Fsp3) is 0.478. The van der Waals surface area contributed by atoms with E-state index in [-0.39, 0.29) is 18.5 Å². The molecule has 2 aromatic carbocycles. The van der Waals surface area contributed by atoms with E-state index < -0.39 is 15.7 Å². The number of nitrogens with zero attached hydrogens (tertiary/aromatic N) is 1. The first-order valence-corrected chi connectivity index (χ1v) is 12.5. The lowest BCUT2D eigenvalue weighted by molar-refractivity contribution is 0.0212. The zero-order valence-corrected chi connectivity index (χ0v) is 18.3. The first kappa shape index (κ1) is 20.7. The van der Waals surface area contributed by atoms with Crippen LogP contribution in [0.5, 0.6) is 11.5 Å². The molecule has 2 aliphatic heterocycles. The van der Waals surface area contributed by atoms with Crippen LogP contribution in [0.3, 0.4) is 0 Å². The lowest BCUT2D eigenvalue weighted by Crippen LogP contribution is -2.45. The van der Waals surface area contributed by atoms with Gasteiger partial charge in [-0.1, -0.05) is 18.2 Å². The number of likely N-dealkylation sites (tertiary alicyclic amines) is 1. The van der Waals surface area contributed by atoms with Crippen LogP contribution < -0.4 is 9.47 Å². The lowest BCUT2D eigenvalue weighted by Gasteiger charge is -2.40. The summed E-state index contributed by atoms with van der Waals surface area (Å²) >= 11 is 0. The average molecular weight is 448 g/mol. The average Bonchev–Trinajstić information content (AvgIpc) is 3.36. The van der Waals surface area contributed by atoms with Crippen molar-refractivity contribution in [3.05, 3.63) is 58.9 Å². The fourth-order valence-electron chi connectivity index (χ4n) is 5.33. The van der Waals surface area contributed by atoms with E-state index in [1.165, 1.54) is 6.07 Å². The summed E-state index contributed by atoms with van der Waals surface area (Å²) in [6.45, 7) is 2.17. The predicted molar refractivity (Wildman–Crippen MR) is 113 cm³/mol. The molecule has 0 aromatic heterocycles. The molecule has 0 N–H and O–H groups in total. The zero-order valence-electron chi connectivity index (χ0n) is 17.5. The Balaban J connectivity index is 1.46. The molecule has 5 rings (SSSR count). The van der Waals surface area contributed by atoms with Crippen molar-refractivity contribution in [3.8, 4) is 11.5 Å². The van der Waals surface area contributed by atoms with Gasteiger partial charge >= 0.3 is 0 Å². The van der Waals surface area contributed by atoms with Gasteiger partial charge in [0.15, 0.2) is 11.5 Å². The van der Waals surface area contributed by atoms with Crippen molar-refractivity contribution in [2.75, 3.05) is 32.7 Å². The van der Waals surface area contributed by atoms with Crippen molar-refractivity contribution in [1.82, 2.24) is 4.90 Å². The van der Waals surface area contributed by atoms with E-state index in [1.807, 2.05) is 18.2 Å². The van der Waals surface area contributed by atoms with Crippen molar-refractivity contribution in [2.45, 2.75) is 37.2 Å². The van der Waals surface area contributed by atoms with Gasteiger partial charge in [0.2, 0.25) is 6.79 Å². The van der Waals surface area contributed by atoms with Gasteiger partial charge in [-0.05, 0) is 67.5 Å². The molecule has 0 amide bonds. The molecule has 2 aromatic rings. The Labute approximate surface area is 182 Å². The molecule has 31 heavy (non-hydrogen) atoms. The molecule has 1 saturated heterocycles. The van der Waals surface area contributed by atoms with Crippen LogP contribution in [0.15, 0.2) is 36.4 Å². The van der Waals surface area contributed by atoms with Gasteiger partial charge in [0.1, 0.15) is 11.4 Å². The van der Waals surface area contributed by atoms with E-state index in [0.717, 1.165) is 55.3 Å². The SMILES string of the molecule is CS(=O)(=O)OC1(CN2CCC(c3cccc(F)c3)C2)CCCc2c1ccc1c2OCO1. The summed E-state index contributed by atoms with van der Waals surface area (Å²) in [7, 11) is -3.70.